The Hall–Kier alpha value is -1.75. The fourth-order valence-electron chi connectivity index (χ4n) is 1.79. The van der Waals surface area contributed by atoms with Gasteiger partial charge >= 0.3 is 0 Å². The van der Waals surface area contributed by atoms with Gasteiger partial charge in [-0.1, -0.05) is 25.0 Å². The number of amides is 1. The molecule has 0 unspecified atom stereocenters. The van der Waals surface area contributed by atoms with Gasteiger partial charge in [-0.2, -0.15) is 0 Å². The molecule has 1 amide bonds. The number of rotatable bonds is 4. The highest BCUT2D eigenvalue weighted by molar-refractivity contribution is 5.96. The van der Waals surface area contributed by atoms with Crippen molar-refractivity contribution >= 4 is 5.91 Å². The lowest BCUT2D eigenvalue weighted by Gasteiger charge is -2.21. The number of terminal acetylenes is 1. The maximum absolute atomic E-state index is 12.3. The SMILES string of the molecule is C#CCN(CCC)C(=O)c1cccc(C)c1C. The van der Waals surface area contributed by atoms with Crippen molar-refractivity contribution in [2.24, 2.45) is 0 Å². The van der Waals surface area contributed by atoms with E-state index in [1.807, 2.05) is 39.0 Å². The fraction of sp³-hybridized carbons (Fsp3) is 0.400. The van der Waals surface area contributed by atoms with Gasteiger partial charge in [0.2, 0.25) is 0 Å². The molecule has 0 aliphatic heterocycles. The summed E-state index contributed by atoms with van der Waals surface area (Å²) in [7, 11) is 0. The van der Waals surface area contributed by atoms with Crippen molar-refractivity contribution in [2.45, 2.75) is 27.2 Å². The predicted octanol–water partition coefficient (Wildman–Crippen LogP) is 2.79. The highest BCUT2D eigenvalue weighted by atomic mass is 16.2. The molecule has 1 aromatic rings. The van der Waals surface area contributed by atoms with Gasteiger partial charge in [0, 0.05) is 12.1 Å². The van der Waals surface area contributed by atoms with E-state index < -0.39 is 0 Å². The van der Waals surface area contributed by atoms with Gasteiger partial charge in [-0.15, -0.1) is 6.42 Å². The Morgan fingerprint density at radius 2 is 2.12 bits per heavy atom. The number of benzene rings is 1. The number of nitrogens with zero attached hydrogens (tertiary/aromatic N) is 1. The maximum Gasteiger partial charge on any atom is 0.254 e. The van der Waals surface area contributed by atoms with Crippen molar-refractivity contribution in [3.8, 4) is 12.3 Å². The van der Waals surface area contributed by atoms with Crippen LogP contribution in [0.5, 0.6) is 0 Å². The van der Waals surface area contributed by atoms with Crippen LogP contribution in [0.2, 0.25) is 0 Å². The van der Waals surface area contributed by atoms with Crippen LogP contribution in [0.15, 0.2) is 18.2 Å². The van der Waals surface area contributed by atoms with Crippen LogP contribution in [0, 0.1) is 26.2 Å². The molecule has 0 spiro atoms. The molecule has 17 heavy (non-hydrogen) atoms. The molecule has 0 saturated carbocycles. The minimum atomic E-state index is 0.0333. The van der Waals surface area contributed by atoms with Crippen molar-refractivity contribution in [1.29, 1.82) is 0 Å². The Balaban J connectivity index is 3.01. The third-order valence-electron chi connectivity index (χ3n) is 2.90. The van der Waals surface area contributed by atoms with Crippen LogP contribution in [0.25, 0.3) is 0 Å². The summed E-state index contributed by atoms with van der Waals surface area (Å²) in [4.78, 5) is 14.1. The van der Waals surface area contributed by atoms with Crippen LogP contribution in [0.4, 0.5) is 0 Å². The molecular formula is C15H19NO. The topological polar surface area (TPSA) is 20.3 Å². The first kappa shape index (κ1) is 13.3. The third kappa shape index (κ3) is 3.10. The van der Waals surface area contributed by atoms with Crippen LogP contribution in [-0.4, -0.2) is 23.9 Å². The van der Waals surface area contributed by atoms with Gasteiger partial charge in [0.15, 0.2) is 0 Å². The molecule has 90 valence electrons. The summed E-state index contributed by atoms with van der Waals surface area (Å²) in [5.74, 6) is 2.58. The summed E-state index contributed by atoms with van der Waals surface area (Å²) in [5.41, 5.74) is 2.93. The van der Waals surface area contributed by atoms with E-state index in [-0.39, 0.29) is 5.91 Å². The Morgan fingerprint density at radius 3 is 2.71 bits per heavy atom. The van der Waals surface area contributed by atoms with E-state index in [1.165, 1.54) is 0 Å². The van der Waals surface area contributed by atoms with E-state index in [1.54, 1.807) is 4.90 Å². The van der Waals surface area contributed by atoms with Crippen molar-refractivity contribution in [1.82, 2.24) is 4.90 Å². The molecule has 2 nitrogen and oxygen atoms in total. The zero-order valence-electron chi connectivity index (χ0n) is 10.8. The lowest BCUT2D eigenvalue weighted by atomic mass is 10.0. The van der Waals surface area contributed by atoms with Gasteiger partial charge in [0.05, 0.1) is 6.54 Å². The molecule has 0 aliphatic rings. The van der Waals surface area contributed by atoms with E-state index in [2.05, 4.69) is 5.92 Å². The molecule has 1 rings (SSSR count). The van der Waals surface area contributed by atoms with Crippen molar-refractivity contribution in [2.75, 3.05) is 13.1 Å². The first-order valence-corrected chi connectivity index (χ1v) is 5.90. The summed E-state index contributed by atoms with van der Waals surface area (Å²) in [6.07, 6.45) is 6.21. The number of aryl methyl sites for hydroxylation is 1. The standard InChI is InChI=1S/C15H19NO/c1-5-10-16(11-6-2)15(17)14-9-7-8-12(3)13(14)4/h1,7-9H,6,10-11H2,2-4H3. The Labute approximate surface area is 104 Å². The van der Waals surface area contributed by atoms with Gasteiger partial charge in [-0.3, -0.25) is 4.79 Å². The van der Waals surface area contributed by atoms with E-state index in [0.717, 1.165) is 23.1 Å². The van der Waals surface area contributed by atoms with Gasteiger partial charge in [-0.25, -0.2) is 0 Å². The van der Waals surface area contributed by atoms with Gasteiger partial charge in [0.1, 0.15) is 0 Å². The molecule has 0 saturated heterocycles. The number of carbonyl (C=O) groups excluding carboxylic acids is 1. The van der Waals surface area contributed by atoms with Gasteiger partial charge < -0.3 is 4.90 Å². The normalized spacial score (nSPS) is 9.76. The minimum absolute atomic E-state index is 0.0333. The molecule has 0 aliphatic carbocycles. The minimum Gasteiger partial charge on any atom is -0.328 e. The Kier molecular flexibility index (Phi) is 4.78. The van der Waals surface area contributed by atoms with Crippen LogP contribution < -0.4 is 0 Å². The summed E-state index contributed by atoms with van der Waals surface area (Å²) in [6, 6.07) is 5.79. The van der Waals surface area contributed by atoms with Crippen molar-refractivity contribution in [3.63, 3.8) is 0 Å². The summed E-state index contributed by atoms with van der Waals surface area (Å²) in [6.45, 7) is 7.11. The average molecular weight is 229 g/mol. The Bertz CT molecular complexity index is 443. The largest absolute Gasteiger partial charge is 0.328 e. The second-order valence-electron chi connectivity index (χ2n) is 4.18. The quantitative estimate of drug-likeness (QED) is 0.727. The summed E-state index contributed by atoms with van der Waals surface area (Å²) in [5, 5.41) is 0. The van der Waals surface area contributed by atoms with Crippen molar-refractivity contribution in [3.05, 3.63) is 34.9 Å². The smallest absolute Gasteiger partial charge is 0.254 e. The molecule has 0 radical (unpaired) electrons. The highest BCUT2D eigenvalue weighted by Crippen LogP contribution is 2.15. The molecule has 0 fully saturated rings. The monoisotopic (exact) mass is 229 g/mol. The molecule has 2 heteroatoms. The third-order valence-corrected chi connectivity index (χ3v) is 2.90. The second kappa shape index (κ2) is 6.10. The Morgan fingerprint density at radius 1 is 1.41 bits per heavy atom. The fourth-order valence-corrected chi connectivity index (χ4v) is 1.79. The molecule has 0 bridgehead atoms. The van der Waals surface area contributed by atoms with E-state index in [4.69, 9.17) is 6.42 Å². The summed E-state index contributed by atoms with van der Waals surface area (Å²) >= 11 is 0. The average Bonchev–Trinajstić information content (AvgIpc) is 2.31. The van der Waals surface area contributed by atoms with Crippen LogP contribution in [-0.2, 0) is 0 Å². The zero-order chi connectivity index (χ0) is 12.8. The first-order chi connectivity index (χ1) is 8.11. The molecule has 1 aromatic carbocycles. The second-order valence-corrected chi connectivity index (χ2v) is 4.18. The number of carbonyl (C=O) groups is 1. The number of hydrogen-bond donors (Lipinski definition) is 0. The molecule has 0 aromatic heterocycles. The zero-order valence-corrected chi connectivity index (χ0v) is 10.8. The van der Waals surface area contributed by atoms with Gasteiger partial charge in [0.25, 0.3) is 5.91 Å². The lowest BCUT2D eigenvalue weighted by molar-refractivity contribution is 0.0776. The van der Waals surface area contributed by atoms with Crippen LogP contribution in [0.3, 0.4) is 0 Å². The van der Waals surface area contributed by atoms with Gasteiger partial charge in [-0.05, 0) is 37.5 Å². The van der Waals surface area contributed by atoms with Crippen molar-refractivity contribution < 1.29 is 4.79 Å². The van der Waals surface area contributed by atoms with E-state index in [9.17, 15) is 4.79 Å². The van der Waals surface area contributed by atoms with Crippen LogP contribution >= 0.6 is 0 Å². The molecular weight excluding hydrogens is 210 g/mol. The molecule has 0 atom stereocenters. The highest BCUT2D eigenvalue weighted by Gasteiger charge is 2.16. The molecule has 0 heterocycles. The lowest BCUT2D eigenvalue weighted by Crippen LogP contribution is -2.32. The van der Waals surface area contributed by atoms with E-state index in [0.29, 0.717) is 13.1 Å². The maximum atomic E-state index is 12.3. The van der Waals surface area contributed by atoms with E-state index >= 15 is 0 Å². The predicted molar refractivity (Wildman–Crippen MR) is 70.9 cm³/mol. The first-order valence-electron chi connectivity index (χ1n) is 5.90. The molecule has 0 N–H and O–H groups in total. The van der Waals surface area contributed by atoms with Crippen LogP contribution in [0.1, 0.15) is 34.8 Å². The number of hydrogen-bond acceptors (Lipinski definition) is 1. The summed E-state index contributed by atoms with van der Waals surface area (Å²) < 4.78 is 0.